The Kier molecular flexibility index (Phi) is 6.80. The van der Waals surface area contributed by atoms with Gasteiger partial charge in [-0.15, -0.1) is 0 Å². The van der Waals surface area contributed by atoms with Gasteiger partial charge in [-0.2, -0.15) is 5.10 Å². The van der Waals surface area contributed by atoms with Crippen LogP contribution in [0.2, 0.25) is 0 Å². The molecule has 31 heavy (non-hydrogen) atoms. The third-order valence-corrected chi connectivity index (χ3v) is 7.10. The van der Waals surface area contributed by atoms with Crippen LogP contribution in [0.15, 0.2) is 36.4 Å². The maximum Gasteiger partial charge on any atom is 0.166 e. The summed E-state index contributed by atoms with van der Waals surface area (Å²) in [6.07, 6.45) is 12.1. The zero-order valence-electron chi connectivity index (χ0n) is 19.3. The molecule has 1 fully saturated rings. The molecule has 1 aromatic carbocycles. The van der Waals surface area contributed by atoms with Gasteiger partial charge in [-0.1, -0.05) is 57.4 Å². The number of rotatable bonds is 5. The molecule has 166 valence electrons. The fourth-order valence-corrected chi connectivity index (χ4v) is 5.42. The maximum atomic E-state index is 5.60. The Morgan fingerprint density at radius 2 is 1.74 bits per heavy atom. The highest BCUT2D eigenvalue weighted by Crippen LogP contribution is 2.34. The topological polar surface area (TPSA) is 41.9 Å². The second kappa shape index (κ2) is 9.56. The van der Waals surface area contributed by atoms with Crippen molar-refractivity contribution < 1.29 is 0 Å². The molecular weight excluding hydrogens is 400 g/mol. The van der Waals surface area contributed by atoms with E-state index < -0.39 is 0 Å². The average molecular weight is 437 g/mol. The minimum absolute atomic E-state index is 0.279. The summed E-state index contributed by atoms with van der Waals surface area (Å²) in [4.78, 5) is 0. The molecule has 0 radical (unpaired) electrons. The van der Waals surface area contributed by atoms with Crippen molar-refractivity contribution in [2.45, 2.75) is 90.1 Å². The standard InChI is InChI=1S/C26H36N4S/c1-17(2)20-11-14-24(15-12-20)30-19(4)25(18(3)29-30)21-10-13-23(16-21)28-26(31)27-22-8-6-5-7-9-22/h10-15,17,21-23H,5-9,16H2,1-4H3,(H2,27,28,31). The van der Waals surface area contributed by atoms with Gasteiger partial charge in [0.25, 0.3) is 0 Å². The van der Waals surface area contributed by atoms with Crippen molar-refractivity contribution in [1.82, 2.24) is 20.4 Å². The number of nitrogens with one attached hydrogen (secondary N) is 2. The minimum Gasteiger partial charge on any atom is -0.360 e. The zero-order valence-corrected chi connectivity index (χ0v) is 20.1. The molecule has 2 aliphatic carbocycles. The second-order valence-electron chi connectivity index (χ2n) is 9.53. The minimum atomic E-state index is 0.279. The molecule has 4 nitrogen and oxygen atoms in total. The molecule has 0 spiro atoms. The number of aryl methyl sites for hydroxylation is 1. The largest absolute Gasteiger partial charge is 0.360 e. The lowest BCUT2D eigenvalue weighted by molar-refractivity contribution is 0.411. The van der Waals surface area contributed by atoms with Gasteiger partial charge in [0.1, 0.15) is 0 Å². The Hall–Kier alpha value is -2.14. The first-order valence-electron chi connectivity index (χ1n) is 11.8. The Balaban J connectivity index is 1.41. The van der Waals surface area contributed by atoms with E-state index >= 15 is 0 Å². The number of aromatic nitrogens is 2. The van der Waals surface area contributed by atoms with Crippen LogP contribution in [-0.4, -0.2) is 27.0 Å². The van der Waals surface area contributed by atoms with Crippen LogP contribution in [0, 0.1) is 13.8 Å². The number of allylic oxidation sites excluding steroid dienone is 1. The van der Waals surface area contributed by atoms with Gasteiger partial charge in [0.15, 0.2) is 5.11 Å². The van der Waals surface area contributed by atoms with Gasteiger partial charge < -0.3 is 10.6 Å². The number of thiocarbonyl (C=S) groups is 1. The highest BCUT2D eigenvalue weighted by molar-refractivity contribution is 7.80. The first-order valence-corrected chi connectivity index (χ1v) is 12.2. The van der Waals surface area contributed by atoms with Crippen molar-refractivity contribution in [2.75, 3.05) is 0 Å². The molecule has 0 amide bonds. The van der Waals surface area contributed by atoms with E-state index in [1.54, 1.807) is 0 Å². The van der Waals surface area contributed by atoms with Crippen LogP contribution < -0.4 is 10.6 Å². The highest BCUT2D eigenvalue weighted by atomic mass is 32.1. The molecule has 0 saturated heterocycles. The summed E-state index contributed by atoms with van der Waals surface area (Å²) in [6.45, 7) is 8.77. The van der Waals surface area contributed by atoms with Gasteiger partial charge in [-0.25, -0.2) is 4.68 Å². The molecule has 4 rings (SSSR count). The third kappa shape index (κ3) is 5.03. The lowest BCUT2D eigenvalue weighted by atomic mass is 9.95. The lowest BCUT2D eigenvalue weighted by Crippen LogP contribution is -2.45. The number of hydrogen-bond donors (Lipinski definition) is 2. The van der Waals surface area contributed by atoms with Crippen molar-refractivity contribution in [2.24, 2.45) is 0 Å². The first kappa shape index (κ1) is 22.1. The van der Waals surface area contributed by atoms with Crippen molar-refractivity contribution in [3.05, 3.63) is 58.9 Å². The number of hydrogen-bond acceptors (Lipinski definition) is 2. The summed E-state index contributed by atoms with van der Waals surface area (Å²) in [5, 5.41) is 12.7. The van der Waals surface area contributed by atoms with Crippen molar-refractivity contribution >= 4 is 17.3 Å². The Bertz CT molecular complexity index is 935. The first-order chi connectivity index (χ1) is 14.9. The summed E-state index contributed by atoms with van der Waals surface area (Å²) < 4.78 is 2.10. The van der Waals surface area contributed by atoms with Gasteiger partial charge >= 0.3 is 0 Å². The quantitative estimate of drug-likeness (QED) is 0.458. The average Bonchev–Trinajstić information content (AvgIpc) is 3.32. The molecule has 1 aromatic heterocycles. The Labute approximate surface area is 192 Å². The fourth-order valence-electron chi connectivity index (χ4n) is 5.11. The summed E-state index contributed by atoms with van der Waals surface area (Å²) >= 11 is 5.60. The predicted molar refractivity (Wildman–Crippen MR) is 133 cm³/mol. The van der Waals surface area contributed by atoms with Crippen LogP contribution in [-0.2, 0) is 0 Å². The van der Waals surface area contributed by atoms with Gasteiger partial charge in [0, 0.05) is 29.3 Å². The van der Waals surface area contributed by atoms with Gasteiger partial charge in [-0.3, -0.25) is 0 Å². The van der Waals surface area contributed by atoms with Crippen molar-refractivity contribution in [1.29, 1.82) is 0 Å². The molecule has 5 heteroatoms. The molecule has 2 unspecified atom stereocenters. The zero-order chi connectivity index (χ0) is 22.0. The van der Waals surface area contributed by atoms with E-state index in [4.69, 9.17) is 17.3 Å². The van der Waals surface area contributed by atoms with E-state index in [-0.39, 0.29) is 6.04 Å². The summed E-state index contributed by atoms with van der Waals surface area (Å²) in [6, 6.07) is 9.61. The summed E-state index contributed by atoms with van der Waals surface area (Å²) in [5.41, 5.74) is 6.18. The van der Waals surface area contributed by atoms with E-state index in [1.165, 1.54) is 48.9 Å². The van der Waals surface area contributed by atoms with Crippen LogP contribution in [0.25, 0.3) is 5.69 Å². The Morgan fingerprint density at radius 3 is 2.42 bits per heavy atom. The fraction of sp³-hybridized carbons (Fsp3) is 0.538. The second-order valence-corrected chi connectivity index (χ2v) is 9.94. The van der Waals surface area contributed by atoms with Crippen molar-refractivity contribution in [3.8, 4) is 5.69 Å². The highest BCUT2D eigenvalue weighted by Gasteiger charge is 2.27. The molecule has 1 heterocycles. The lowest BCUT2D eigenvalue weighted by Gasteiger charge is -2.25. The molecule has 0 bridgehead atoms. The van der Waals surface area contributed by atoms with Crippen molar-refractivity contribution in [3.63, 3.8) is 0 Å². The normalized spacial score (nSPS) is 21.6. The molecule has 2 atom stereocenters. The smallest absolute Gasteiger partial charge is 0.166 e. The number of benzene rings is 1. The van der Waals surface area contributed by atoms with E-state index in [9.17, 15) is 0 Å². The van der Waals surface area contributed by atoms with E-state index in [1.807, 2.05) is 0 Å². The van der Waals surface area contributed by atoms with Crippen LogP contribution in [0.1, 0.15) is 86.7 Å². The molecule has 0 aliphatic heterocycles. The van der Waals surface area contributed by atoms with Gasteiger partial charge in [-0.05, 0) is 68.9 Å². The monoisotopic (exact) mass is 436 g/mol. The molecule has 2 aromatic rings. The summed E-state index contributed by atoms with van der Waals surface area (Å²) in [5.74, 6) is 0.912. The van der Waals surface area contributed by atoms with Gasteiger partial charge in [0.2, 0.25) is 0 Å². The maximum absolute atomic E-state index is 5.60. The molecule has 1 saturated carbocycles. The Morgan fingerprint density at radius 1 is 1.03 bits per heavy atom. The molecule has 2 N–H and O–H groups in total. The van der Waals surface area contributed by atoms with E-state index in [0.717, 1.165) is 22.9 Å². The van der Waals surface area contributed by atoms with Crippen LogP contribution in [0.5, 0.6) is 0 Å². The predicted octanol–water partition coefficient (Wildman–Crippen LogP) is 5.82. The van der Waals surface area contributed by atoms with E-state index in [2.05, 4.69) is 79.4 Å². The molecule has 2 aliphatic rings. The van der Waals surface area contributed by atoms with Crippen LogP contribution in [0.3, 0.4) is 0 Å². The third-order valence-electron chi connectivity index (χ3n) is 6.86. The SMILES string of the molecule is Cc1nn(-c2ccc(C(C)C)cc2)c(C)c1C1C=CC(NC(=S)NC2CCCCC2)C1. The summed E-state index contributed by atoms with van der Waals surface area (Å²) in [7, 11) is 0. The van der Waals surface area contributed by atoms with Crippen LogP contribution >= 0.6 is 12.2 Å². The van der Waals surface area contributed by atoms with Gasteiger partial charge in [0.05, 0.1) is 11.4 Å². The number of nitrogens with zero attached hydrogens (tertiary/aromatic N) is 2. The van der Waals surface area contributed by atoms with Crippen LogP contribution in [0.4, 0.5) is 0 Å². The van der Waals surface area contributed by atoms with E-state index in [0.29, 0.717) is 17.9 Å². The molecular formula is C26H36N4S.